The Morgan fingerprint density at radius 3 is 2.26 bits per heavy atom. The monoisotopic (exact) mass is 466 g/mol. The van der Waals surface area contributed by atoms with Gasteiger partial charge in [0.05, 0.1) is 33.7 Å². The Labute approximate surface area is 190 Å². The van der Waals surface area contributed by atoms with Crippen LogP contribution in [-0.4, -0.2) is 28.3 Å². The number of halogens is 1. The number of non-ortho nitro benzene ring substituents is 2. The van der Waals surface area contributed by atoms with E-state index >= 15 is 0 Å². The zero-order chi connectivity index (χ0) is 24.4. The van der Waals surface area contributed by atoms with E-state index in [1.165, 1.54) is 35.2 Å². The largest absolute Gasteiger partial charge is 0.482 e. The smallest absolute Gasteiger partial charge is 0.277 e. The van der Waals surface area contributed by atoms with Crippen molar-refractivity contribution in [2.45, 2.75) is 6.54 Å². The molecule has 4 rings (SSSR count). The third kappa shape index (κ3) is 4.65. The van der Waals surface area contributed by atoms with Crippen LogP contribution in [0.5, 0.6) is 5.75 Å². The third-order valence-electron chi connectivity index (χ3n) is 5.00. The maximum absolute atomic E-state index is 13.2. The summed E-state index contributed by atoms with van der Waals surface area (Å²) in [7, 11) is 0. The van der Waals surface area contributed by atoms with Crippen LogP contribution in [0.15, 0.2) is 60.7 Å². The van der Waals surface area contributed by atoms with E-state index in [-0.39, 0.29) is 30.3 Å². The summed E-state index contributed by atoms with van der Waals surface area (Å²) >= 11 is 0. The summed E-state index contributed by atoms with van der Waals surface area (Å²) in [6, 6.07) is 12.7. The Morgan fingerprint density at radius 1 is 1.00 bits per heavy atom. The third-order valence-corrected chi connectivity index (χ3v) is 5.00. The number of ether oxygens (including phenoxy) is 1. The predicted octanol–water partition coefficient (Wildman–Crippen LogP) is 3.82. The van der Waals surface area contributed by atoms with Crippen LogP contribution in [0.1, 0.15) is 15.9 Å². The zero-order valence-corrected chi connectivity index (χ0v) is 17.3. The van der Waals surface area contributed by atoms with Crippen LogP contribution in [0.3, 0.4) is 0 Å². The van der Waals surface area contributed by atoms with E-state index in [0.29, 0.717) is 17.0 Å². The van der Waals surface area contributed by atoms with Gasteiger partial charge in [-0.05, 0) is 35.9 Å². The van der Waals surface area contributed by atoms with Gasteiger partial charge in [-0.2, -0.15) is 0 Å². The predicted molar refractivity (Wildman–Crippen MR) is 117 cm³/mol. The highest BCUT2D eigenvalue weighted by molar-refractivity contribution is 6.06. The number of amides is 2. The van der Waals surface area contributed by atoms with E-state index < -0.39 is 32.9 Å². The maximum atomic E-state index is 13.2. The van der Waals surface area contributed by atoms with E-state index in [1.54, 1.807) is 12.1 Å². The lowest BCUT2D eigenvalue weighted by Gasteiger charge is -2.30. The van der Waals surface area contributed by atoms with Crippen molar-refractivity contribution in [3.05, 3.63) is 97.8 Å². The molecule has 0 fully saturated rings. The molecule has 0 radical (unpaired) electrons. The van der Waals surface area contributed by atoms with Gasteiger partial charge in [0, 0.05) is 17.8 Å². The van der Waals surface area contributed by atoms with Gasteiger partial charge in [-0.1, -0.05) is 12.1 Å². The molecule has 0 saturated heterocycles. The average molecular weight is 466 g/mol. The Morgan fingerprint density at radius 2 is 1.65 bits per heavy atom. The SMILES string of the molecule is O=C(Nc1ccc2c(c1)N(Cc1ccc(F)cc1)C(=O)CO2)c1cc([N+](=O)[O-])cc([N+](=O)[O-])c1. The fourth-order valence-corrected chi connectivity index (χ4v) is 3.37. The molecule has 0 aliphatic carbocycles. The Bertz CT molecular complexity index is 1300. The highest BCUT2D eigenvalue weighted by Gasteiger charge is 2.27. The molecule has 34 heavy (non-hydrogen) atoms. The van der Waals surface area contributed by atoms with Crippen LogP contribution in [0.25, 0.3) is 0 Å². The Kier molecular flexibility index (Phi) is 5.87. The highest BCUT2D eigenvalue weighted by atomic mass is 19.1. The van der Waals surface area contributed by atoms with Gasteiger partial charge in [0.1, 0.15) is 11.6 Å². The van der Waals surface area contributed by atoms with Gasteiger partial charge in [0.2, 0.25) is 0 Å². The van der Waals surface area contributed by atoms with E-state index in [2.05, 4.69) is 5.32 Å². The lowest BCUT2D eigenvalue weighted by atomic mass is 10.1. The summed E-state index contributed by atoms with van der Waals surface area (Å²) in [5.41, 5.74) is -0.248. The fourth-order valence-electron chi connectivity index (χ4n) is 3.37. The molecule has 0 spiro atoms. The Hall–Kier alpha value is -4.87. The number of nitrogens with zero attached hydrogens (tertiary/aromatic N) is 3. The lowest BCUT2D eigenvalue weighted by Crippen LogP contribution is -2.38. The normalized spacial score (nSPS) is 12.5. The number of carbonyl (C=O) groups excluding carboxylic acids is 2. The molecule has 1 aliphatic rings. The molecular weight excluding hydrogens is 451 g/mol. The van der Waals surface area contributed by atoms with Crippen molar-refractivity contribution < 1.29 is 28.6 Å². The molecule has 3 aromatic rings. The molecule has 1 aliphatic heterocycles. The molecule has 172 valence electrons. The number of hydrogen-bond donors (Lipinski definition) is 1. The summed E-state index contributed by atoms with van der Waals surface area (Å²) in [5, 5.41) is 24.7. The summed E-state index contributed by atoms with van der Waals surface area (Å²) in [6.45, 7) is -0.0683. The number of carbonyl (C=O) groups is 2. The molecule has 0 unspecified atom stereocenters. The van der Waals surface area contributed by atoms with E-state index in [9.17, 15) is 34.2 Å². The van der Waals surface area contributed by atoms with E-state index in [4.69, 9.17) is 4.74 Å². The number of nitrogens with one attached hydrogen (secondary N) is 1. The average Bonchev–Trinajstić information content (AvgIpc) is 2.81. The van der Waals surface area contributed by atoms with Crippen molar-refractivity contribution in [1.29, 1.82) is 0 Å². The van der Waals surface area contributed by atoms with E-state index in [0.717, 1.165) is 18.2 Å². The van der Waals surface area contributed by atoms with Gasteiger partial charge in [0.15, 0.2) is 6.61 Å². The number of benzene rings is 3. The van der Waals surface area contributed by atoms with Gasteiger partial charge in [-0.3, -0.25) is 29.8 Å². The zero-order valence-electron chi connectivity index (χ0n) is 17.3. The van der Waals surface area contributed by atoms with Crippen LogP contribution < -0.4 is 15.0 Å². The molecule has 0 atom stereocenters. The fraction of sp³-hybridized carbons (Fsp3) is 0.0909. The van der Waals surface area contributed by atoms with Crippen LogP contribution in [0.2, 0.25) is 0 Å². The summed E-state index contributed by atoms with van der Waals surface area (Å²) in [6.07, 6.45) is 0. The second kappa shape index (κ2) is 8.94. The molecule has 0 bridgehead atoms. The first-order valence-electron chi connectivity index (χ1n) is 9.78. The minimum Gasteiger partial charge on any atom is -0.482 e. The maximum Gasteiger partial charge on any atom is 0.277 e. The Balaban J connectivity index is 1.62. The number of rotatable bonds is 6. The number of anilines is 2. The number of nitro groups is 2. The van der Waals surface area contributed by atoms with Crippen molar-refractivity contribution in [3.8, 4) is 5.75 Å². The first-order chi connectivity index (χ1) is 16.2. The molecule has 2 amide bonds. The molecule has 11 nitrogen and oxygen atoms in total. The van der Waals surface area contributed by atoms with Crippen LogP contribution in [-0.2, 0) is 11.3 Å². The van der Waals surface area contributed by atoms with Gasteiger partial charge < -0.3 is 15.0 Å². The van der Waals surface area contributed by atoms with Crippen LogP contribution in [0, 0.1) is 26.0 Å². The topological polar surface area (TPSA) is 145 Å². The first-order valence-corrected chi connectivity index (χ1v) is 9.78. The lowest BCUT2D eigenvalue weighted by molar-refractivity contribution is -0.394. The van der Waals surface area contributed by atoms with Crippen molar-refractivity contribution >= 4 is 34.6 Å². The number of fused-ring (bicyclic) bond motifs is 1. The molecule has 1 N–H and O–H groups in total. The first kappa shape index (κ1) is 22.3. The molecule has 3 aromatic carbocycles. The van der Waals surface area contributed by atoms with Gasteiger partial charge >= 0.3 is 0 Å². The molecular formula is C22H15FN4O7. The van der Waals surface area contributed by atoms with Crippen molar-refractivity contribution in [2.75, 3.05) is 16.8 Å². The standard InChI is InChI=1S/C22H15FN4O7/c23-15-3-1-13(2-4-15)11-25-19-9-16(5-6-20(19)34-12-21(25)28)24-22(29)14-7-17(26(30)31)10-18(8-14)27(32)33/h1-10H,11-12H2,(H,24,29). The summed E-state index contributed by atoms with van der Waals surface area (Å²) < 4.78 is 18.7. The summed E-state index contributed by atoms with van der Waals surface area (Å²) in [5.74, 6) is -1.20. The number of nitro benzene ring substituents is 2. The van der Waals surface area contributed by atoms with Gasteiger partial charge in [-0.25, -0.2) is 4.39 Å². The molecule has 0 saturated carbocycles. The molecule has 0 aromatic heterocycles. The van der Waals surface area contributed by atoms with Gasteiger partial charge in [0.25, 0.3) is 23.2 Å². The quantitative estimate of drug-likeness (QED) is 0.429. The second-order valence-electron chi connectivity index (χ2n) is 7.28. The van der Waals surface area contributed by atoms with Crippen LogP contribution >= 0.6 is 0 Å². The molecule has 1 heterocycles. The molecule has 12 heteroatoms. The van der Waals surface area contributed by atoms with Crippen LogP contribution in [0.4, 0.5) is 27.1 Å². The minimum absolute atomic E-state index is 0.129. The van der Waals surface area contributed by atoms with Crippen molar-refractivity contribution in [3.63, 3.8) is 0 Å². The number of hydrogen-bond acceptors (Lipinski definition) is 7. The minimum atomic E-state index is -0.834. The van der Waals surface area contributed by atoms with E-state index in [1.807, 2.05) is 0 Å². The highest BCUT2D eigenvalue weighted by Crippen LogP contribution is 2.36. The van der Waals surface area contributed by atoms with Crippen molar-refractivity contribution in [1.82, 2.24) is 0 Å². The summed E-state index contributed by atoms with van der Waals surface area (Å²) in [4.78, 5) is 47.1. The van der Waals surface area contributed by atoms with Crippen molar-refractivity contribution in [2.24, 2.45) is 0 Å². The second-order valence-corrected chi connectivity index (χ2v) is 7.28. The van der Waals surface area contributed by atoms with Gasteiger partial charge in [-0.15, -0.1) is 0 Å².